The quantitative estimate of drug-likeness (QED) is 0.530. The Morgan fingerprint density at radius 3 is 2.55 bits per heavy atom. The number of nitrogens with zero attached hydrogens (tertiary/aromatic N) is 4. The summed E-state index contributed by atoms with van der Waals surface area (Å²) in [5.74, 6) is 2.79. The predicted octanol–water partition coefficient (Wildman–Crippen LogP) is 3.14. The molecular formula is C23H28N5OS2+. The second kappa shape index (κ2) is 9.89. The number of aromatic nitrogens is 3. The summed E-state index contributed by atoms with van der Waals surface area (Å²) in [6.07, 6.45) is 0. The van der Waals surface area contributed by atoms with Crippen LogP contribution in [0.15, 0.2) is 64.7 Å². The van der Waals surface area contributed by atoms with Crippen LogP contribution in [0.5, 0.6) is 5.75 Å². The third kappa shape index (κ3) is 4.97. The zero-order chi connectivity index (χ0) is 21.8. The monoisotopic (exact) mass is 454 g/mol. The number of benzene rings is 2. The summed E-state index contributed by atoms with van der Waals surface area (Å²) in [6, 6.07) is 18.7. The first-order chi connectivity index (χ1) is 15.1. The molecule has 1 aliphatic heterocycles. The van der Waals surface area contributed by atoms with E-state index in [2.05, 4.69) is 72.2 Å². The zero-order valence-electron chi connectivity index (χ0n) is 18.3. The Morgan fingerprint density at radius 1 is 1.13 bits per heavy atom. The molecule has 0 saturated carbocycles. The number of nitrogens with one attached hydrogen (secondary N) is 1. The maximum absolute atomic E-state index is 5.25. The molecule has 0 spiro atoms. The van der Waals surface area contributed by atoms with Crippen molar-refractivity contribution in [2.45, 2.75) is 23.4 Å². The second-order valence-corrected chi connectivity index (χ2v) is 10.0. The average molecular weight is 455 g/mol. The third-order valence-corrected chi connectivity index (χ3v) is 7.92. The van der Waals surface area contributed by atoms with Gasteiger partial charge >= 0.3 is 0 Å². The molecule has 2 aromatic carbocycles. The van der Waals surface area contributed by atoms with Gasteiger partial charge in [0.1, 0.15) is 11.8 Å². The van der Waals surface area contributed by atoms with Crippen molar-refractivity contribution >= 4 is 28.6 Å². The number of hydrogen-bond donors (Lipinski definition) is 1. The normalized spacial score (nSPS) is 17.1. The van der Waals surface area contributed by atoms with Crippen molar-refractivity contribution in [2.24, 2.45) is 4.99 Å². The van der Waals surface area contributed by atoms with Gasteiger partial charge in [-0.1, -0.05) is 30.0 Å². The summed E-state index contributed by atoms with van der Waals surface area (Å²) >= 11 is 3.60. The first-order valence-electron chi connectivity index (χ1n) is 10.4. The van der Waals surface area contributed by atoms with E-state index in [0.29, 0.717) is 5.25 Å². The van der Waals surface area contributed by atoms with Crippen LogP contribution >= 0.6 is 23.5 Å². The highest BCUT2D eigenvalue weighted by molar-refractivity contribution is 8.16. The summed E-state index contributed by atoms with van der Waals surface area (Å²) in [5.41, 5.74) is 2.25. The minimum Gasteiger partial charge on any atom is -0.497 e. The van der Waals surface area contributed by atoms with Crippen molar-refractivity contribution in [3.8, 4) is 11.4 Å². The Hall–Kier alpha value is -2.29. The molecule has 1 aromatic heterocycles. The molecule has 31 heavy (non-hydrogen) atoms. The maximum Gasteiger partial charge on any atom is 0.196 e. The molecule has 4 rings (SSSR count). The largest absolute Gasteiger partial charge is 0.497 e. The van der Waals surface area contributed by atoms with Gasteiger partial charge in [-0.2, -0.15) is 0 Å². The molecular weight excluding hydrogens is 426 g/mol. The molecule has 0 aliphatic carbocycles. The van der Waals surface area contributed by atoms with Crippen molar-refractivity contribution in [1.29, 1.82) is 0 Å². The first-order valence-corrected chi connectivity index (χ1v) is 12.2. The number of quaternary nitrogens is 1. The predicted molar refractivity (Wildman–Crippen MR) is 129 cm³/mol. The fourth-order valence-electron chi connectivity index (χ4n) is 3.30. The van der Waals surface area contributed by atoms with Crippen LogP contribution in [0.4, 0.5) is 0 Å². The van der Waals surface area contributed by atoms with Crippen LogP contribution in [-0.4, -0.2) is 58.6 Å². The van der Waals surface area contributed by atoms with Crippen LogP contribution in [0.2, 0.25) is 0 Å². The molecule has 0 radical (unpaired) electrons. The van der Waals surface area contributed by atoms with Crippen molar-refractivity contribution in [1.82, 2.24) is 14.8 Å². The summed E-state index contributed by atoms with van der Waals surface area (Å²) in [6.45, 7) is 3.01. The lowest BCUT2D eigenvalue weighted by Crippen LogP contribution is -3.05. The Morgan fingerprint density at radius 2 is 1.87 bits per heavy atom. The molecule has 2 atom stereocenters. The maximum atomic E-state index is 5.25. The van der Waals surface area contributed by atoms with E-state index >= 15 is 0 Å². The van der Waals surface area contributed by atoms with Crippen molar-refractivity contribution in [2.75, 3.05) is 33.5 Å². The number of para-hydroxylation sites is 1. The highest BCUT2D eigenvalue weighted by Gasteiger charge is 2.26. The molecule has 8 heteroatoms. The zero-order valence-corrected chi connectivity index (χ0v) is 19.9. The molecule has 0 fully saturated rings. The number of methoxy groups -OCH3 is 1. The molecule has 0 unspecified atom stereocenters. The van der Waals surface area contributed by atoms with E-state index in [0.717, 1.165) is 45.3 Å². The van der Waals surface area contributed by atoms with Gasteiger partial charge in [-0.15, -0.1) is 22.0 Å². The Bertz CT molecular complexity index is 1030. The van der Waals surface area contributed by atoms with E-state index in [1.165, 1.54) is 4.90 Å². The molecule has 1 aliphatic rings. The minimum atomic E-state index is 0.243. The molecule has 162 valence electrons. The molecule has 6 nitrogen and oxygen atoms in total. The lowest BCUT2D eigenvalue weighted by molar-refractivity contribution is -0.890. The molecule has 0 saturated heterocycles. The Balaban J connectivity index is 1.46. The fraction of sp³-hybridized carbons (Fsp3) is 0.348. The SMILES string of the molecule is COc1ccc(C2=NC[C@H](CSc3nnc([C@H](C)[NH+](C)C)n3-c3ccccc3)S2)cc1. The van der Waals surface area contributed by atoms with E-state index in [1.54, 1.807) is 18.9 Å². The Labute approximate surface area is 192 Å². The molecule has 0 bridgehead atoms. The standard InChI is InChI=1S/C23H27N5OS2/c1-16(27(2)3)21-25-26-23(28(21)18-8-6-5-7-9-18)30-15-20-14-24-22(31-20)17-10-12-19(29-4)13-11-17/h5-13,16,20H,14-15H2,1-4H3/p+1/t16-,20+/m0/s1. The lowest BCUT2D eigenvalue weighted by Gasteiger charge is -2.18. The smallest absolute Gasteiger partial charge is 0.196 e. The summed E-state index contributed by atoms with van der Waals surface area (Å²) < 4.78 is 7.46. The van der Waals surface area contributed by atoms with Gasteiger partial charge in [0.05, 0.1) is 32.8 Å². The lowest BCUT2D eigenvalue weighted by atomic mass is 10.2. The number of thioether (sulfide) groups is 2. The van der Waals surface area contributed by atoms with Gasteiger partial charge in [0.2, 0.25) is 0 Å². The van der Waals surface area contributed by atoms with Crippen LogP contribution in [0, 0.1) is 0 Å². The van der Waals surface area contributed by atoms with Crippen LogP contribution < -0.4 is 9.64 Å². The van der Waals surface area contributed by atoms with Crippen molar-refractivity contribution in [3.05, 3.63) is 66.0 Å². The van der Waals surface area contributed by atoms with E-state index < -0.39 is 0 Å². The minimum absolute atomic E-state index is 0.243. The van der Waals surface area contributed by atoms with Gasteiger partial charge in [0.25, 0.3) is 0 Å². The van der Waals surface area contributed by atoms with Crippen molar-refractivity contribution < 1.29 is 9.64 Å². The molecule has 0 amide bonds. The summed E-state index contributed by atoms with van der Waals surface area (Å²) in [5, 5.41) is 11.6. The highest BCUT2D eigenvalue weighted by atomic mass is 32.2. The van der Waals surface area contributed by atoms with E-state index in [1.807, 2.05) is 30.0 Å². The van der Waals surface area contributed by atoms with Crippen LogP contribution in [-0.2, 0) is 0 Å². The molecule has 3 aromatic rings. The first kappa shape index (κ1) is 21.9. The van der Waals surface area contributed by atoms with Crippen LogP contribution in [0.25, 0.3) is 5.69 Å². The van der Waals surface area contributed by atoms with E-state index in [9.17, 15) is 0 Å². The number of hydrogen-bond acceptors (Lipinski definition) is 6. The number of aliphatic imine (C=N–C) groups is 1. The van der Waals surface area contributed by atoms with Gasteiger partial charge in [-0.25, -0.2) is 0 Å². The van der Waals surface area contributed by atoms with Crippen molar-refractivity contribution in [3.63, 3.8) is 0 Å². The van der Waals surface area contributed by atoms with Gasteiger partial charge in [0, 0.05) is 22.3 Å². The van der Waals surface area contributed by atoms with Crippen LogP contribution in [0.3, 0.4) is 0 Å². The average Bonchev–Trinajstić information content (AvgIpc) is 3.45. The van der Waals surface area contributed by atoms with Gasteiger partial charge in [-0.05, 0) is 43.3 Å². The topological polar surface area (TPSA) is 56.7 Å². The summed E-state index contributed by atoms with van der Waals surface area (Å²) in [7, 11) is 5.98. The van der Waals surface area contributed by atoms with Gasteiger partial charge in [-0.3, -0.25) is 9.56 Å². The van der Waals surface area contributed by atoms with Gasteiger partial charge in [0.15, 0.2) is 11.0 Å². The summed E-state index contributed by atoms with van der Waals surface area (Å²) in [4.78, 5) is 6.10. The van der Waals surface area contributed by atoms with E-state index in [-0.39, 0.29) is 6.04 Å². The molecule has 2 heterocycles. The number of ether oxygens (including phenoxy) is 1. The van der Waals surface area contributed by atoms with Gasteiger partial charge < -0.3 is 9.64 Å². The Kier molecular flexibility index (Phi) is 6.99. The second-order valence-electron chi connectivity index (χ2n) is 7.74. The molecule has 1 N–H and O–H groups in total. The number of rotatable bonds is 8. The highest BCUT2D eigenvalue weighted by Crippen LogP contribution is 2.32. The van der Waals surface area contributed by atoms with E-state index in [4.69, 9.17) is 9.73 Å². The third-order valence-electron chi connectivity index (χ3n) is 5.38. The van der Waals surface area contributed by atoms with Crippen LogP contribution in [0.1, 0.15) is 24.4 Å². The fourth-order valence-corrected chi connectivity index (χ4v) is 5.53.